The lowest BCUT2D eigenvalue weighted by Gasteiger charge is -2.24. The van der Waals surface area contributed by atoms with E-state index in [1.807, 2.05) is 42.5 Å². The lowest BCUT2D eigenvalue weighted by atomic mass is 9.77. The number of hydrogen-bond acceptors (Lipinski definition) is 1. The molecule has 2 aromatic rings. The van der Waals surface area contributed by atoms with E-state index < -0.39 is 0 Å². The minimum Gasteiger partial charge on any atom is -0.294 e. The Balaban J connectivity index is 1.84. The average Bonchev–Trinajstić information content (AvgIpc) is 2.82. The van der Waals surface area contributed by atoms with Gasteiger partial charge < -0.3 is 0 Å². The first-order valence-electron chi connectivity index (χ1n) is 7.70. The van der Waals surface area contributed by atoms with Crippen LogP contribution in [0.2, 0.25) is 0 Å². The summed E-state index contributed by atoms with van der Waals surface area (Å²) in [5.74, 6) is 0.265. The van der Waals surface area contributed by atoms with Crippen LogP contribution in [0.15, 0.2) is 73.3 Å². The Labute approximate surface area is 132 Å². The van der Waals surface area contributed by atoms with Crippen molar-refractivity contribution in [2.75, 3.05) is 0 Å². The minimum atomic E-state index is -0.350. The molecule has 0 heterocycles. The third-order valence-corrected chi connectivity index (χ3v) is 4.43. The summed E-state index contributed by atoms with van der Waals surface area (Å²) in [4.78, 5) is 12.9. The van der Waals surface area contributed by atoms with Crippen LogP contribution in [0.1, 0.15) is 34.3 Å². The molecule has 0 bridgehead atoms. The predicted molar refractivity (Wildman–Crippen MR) is 91.8 cm³/mol. The van der Waals surface area contributed by atoms with Crippen LogP contribution in [0.3, 0.4) is 0 Å². The highest BCUT2D eigenvalue weighted by Gasteiger charge is 2.43. The molecule has 0 N–H and O–H groups in total. The van der Waals surface area contributed by atoms with Crippen LogP contribution in [0.5, 0.6) is 0 Å². The van der Waals surface area contributed by atoms with Gasteiger partial charge in [0.1, 0.15) is 0 Å². The van der Waals surface area contributed by atoms with Gasteiger partial charge in [0.05, 0.1) is 0 Å². The van der Waals surface area contributed by atoms with Crippen LogP contribution < -0.4 is 0 Å². The number of fused-ring (bicyclic) bond motifs is 1. The van der Waals surface area contributed by atoms with Gasteiger partial charge in [0.2, 0.25) is 0 Å². The van der Waals surface area contributed by atoms with Crippen LogP contribution >= 0.6 is 0 Å². The molecule has 1 aliphatic carbocycles. The lowest BCUT2D eigenvalue weighted by molar-refractivity contribution is 0.0825. The third-order valence-electron chi connectivity index (χ3n) is 4.43. The molecule has 0 saturated heterocycles. The van der Waals surface area contributed by atoms with E-state index in [-0.39, 0.29) is 11.2 Å². The summed E-state index contributed by atoms with van der Waals surface area (Å²) in [5.41, 5.74) is 2.87. The van der Waals surface area contributed by atoms with Gasteiger partial charge in [-0.2, -0.15) is 0 Å². The SMILES string of the molecule is C=CCC1(C/C=C/c2ccccc2)Cc2ccccc2C1=O. The van der Waals surface area contributed by atoms with Gasteiger partial charge >= 0.3 is 0 Å². The van der Waals surface area contributed by atoms with Crippen LogP contribution in [-0.2, 0) is 6.42 Å². The monoisotopic (exact) mass is 288 g/mol. The number of rotatable bonds is 5. The Morgan fingerprint density at radius 1 is 1.00 bits per heavy atom. The van der Waals surface area contributed by atoms with Crippen molar-refractivity contribution < 1.29 is 4.79 Å². The highest BCUT2D eigenvalue weighted by atomic mass is 16.1. The average molecular weight is 288 g/mol. The molecule has 1 aliphatic rings. The molecule has 1 unspecified atom stereocenters. The fraction of sp³-hybridized carbons (Fsp3) is 0.190. The van der Waals surface area contributed by atoms with E-state index in [4.69, 9.17) is 0 Å². The standard InChI is InChI=1S/C21H20O/c1-2-14-21(15-8-11-17-9-4-3-5-10-17)16-18-12-6-7-13-19(18)20(21)22/h2-13H,1,14-16H2/b11-8+. The molecule has 0 aromatic heterocycles. The Morgan fingerprint density at radius 2 is 1.73 bits per heavy atom. The Morgan fingerprint density at radius 3 is 2.45 bits per heavy atom. The second-order valence-electron chi connectivity index (χ2n) is 5.95. The van der Waals surface area contributed by atoms with Gasteiger partial charge in [0.25, 0.3) is 0 Å². The second kappa shape index (κ2) is 6.15. The molecule has 1 atom stereocenters. The zero-order valence-corrected chi connectivity index (χ0v) is 12.7. The molecular weight excluding hydrogens is 268 g/mol. The Hall–Kier alpha value is -2.41. The van der Waals surface area contributed by atoms with Crippen molar-refractivity contribution in [1.82, 2.24) is 0 Å². The van der Waals surface area contributed by atoms with Crippen molar-refractivity contribution in [3.05, 3.63) is 90.0 Å². The maximum atomic E-state index is 12.9. The van der Waals surface area contributed by atoms with Gasteiger partial charge in [0.15, 0.2) is 5.78 Å². The molecule has 22 heavy (non-hydrogen) atoms. The smallest absolute Gasteiger partial charge is 0.170 e. The molecule has 1 nitrogen and oxygen atoms in total. The van der Waals surface area contributed by atoms with E-state index >= 15 is 0 Å². The number of allylic oxidation sites excluding steroid dienone is 2. The zero-order chi connectivity index (χ0) is 15.4. The molecule has 0 fully saturated rings. The van der Waals surface area contributed by atoms with Crippen molar-refractivity contribution in [3.8, 4) is 0 Å². The van der Waals surface area contributed by atoms with Crippen LogP contribution in [-0.4, -0.2) is 5.78 Å². The summed E-state index contributed by atoms with van der Waals surface area (Å²) < 4.78 is 0. The van der Waals surface area contributed by atoms with Crippen molar-refractivity contribution in [2.45, 2.75) is 19.3 Å². The van der Waals surface area contributed by atoms with Crippen molar-refractivity contribution in [2.24, 2.45) is 5.41 Å². The predicted octanol–water partition coefficient (Wildman–Crippen LogP) is 5.09. The van der Waals surface area contributed by atoms with Crippen LogP contribution in [0, 0.1) is 5.41 Å². The maximum Gasteiger partial charge on any atom is 0.170 e. The summed E-state index contributed by atoms with van der Waals surface area (Å²) >= 11 is 0. The Bertz CT molecular complexity index is 712. The summed E-state index contributed by atoms with van der Waals surface area (Å²) in [6, 6.07) is 18.2. The van der Waals surface area contributed by atoms with Gasteiger partial charge in [-0.1, -0.05) is 72.8 Å². The summed E-state index contributed by atoms with van der Waals surface area (Å²) in [6.07, 6.45) is 8.39. The number of carbonyl (C=O) groups excluding carboxylic acids is 1. The second-order valence-corrected chi connectivity index (χ2v) is 5.95. The van der Waals surface area contributed by atoms with E-state index in [2.05, 4.69) is 36.9 Å². The van der Waals surface area contributed by atoms with Gasteiger partial charge in [-0.05, 0) is 30.4 Å². The fourth-order valence-corrected chi connectivity index (χ4v) is 3.30. The molecule has 0 aliphatic heterocycles. The number of ketones is 1. The highest BCUT2D eigenvalue weighted by molar-refractivity contribution is 6.05. The highest BCUT2D eigenvalue weighted by Crippen LogP contribution is 2.43. The number of hydrogen-bond donors (Lipinski definition) is 0. The quantitative estimate of drug-likeness (QED) is 0.700. The van der Waals surface area contributed by atoms with Crippen LogP contribution in [0.4, 0.5) is 0 Å². The van der Waals surface area contributed by atoms with Crippen LogP contribution in [0.25, 0.3) is 6.08 Å². The first-order valence-corrected chi connectivity index (χ1v) is 7.70. The van der Waals surface area contributed by atoms with Crippen molar-refractivity contribution in [3.63, 3.8) is 0 Å². The van der Waals surface area contributed by atoms with E-state index in [9.17, 15) is 4.79 Å². The van der Waals surface area contributed by atoms with Crippen molar-refractivity contribution >= 4 is 11.9 Å². The summed E-state index contributed by atoms with van der Waals surface area (Å²) in [7, 11) is 0. The molecule has 0 amide bonds. The van der Waals surface area contributed by atoms with Gasteiger partial charge in [-0.3, -0.25) is 4.79 Å². The molecule has 2 aromatic carbocycles. The maximum absolute atomic E-state index is 12.9. The first-order chi connectivity index (χ1) is 10.7. The number of carbonyl (C=O) groups is 1. The topological polar surface area (TPSA) is 17.1 Å². The van der Waals surface area contributed by atoms with E-state index in [0.29, 0.717) is 0 Å². The van der Waals surface area contributed by atoms with Crippen molar-refractivity contribution in [1.29, 1.82) is 0 Å². The van der Waals surface area contributed by atoms with Gasteiger partial charge in [0, 0.05) is 11.0 Å². The molecule has 0 radical (unpaired) electrons. The largest absolute Gasteiger partial charge is 0.294 e. The third kappa shape index (κ3) is 2.67. The zero-order valence-electron chi connectivity index (χ0n) is 12.7. The van der Waals surface area contributed by atoms with Gasteiger partial charge in [-0.15, -0.1) is 6.58 Å². The molecule has 1 heteroatoms. The Kier molecular flexibility index (Phi) is 4.06. The van der Waals surface area contributed by atoms with E-state index in [1.54, 1.807) is 0 Å². The summed E-state index contributed by atoms with van der Waals surface area (Å²) in [6.45, 7) is 3.86. The molecule has 0 saturated carbocycles. The normalized spacial score (nSPS) is 20.3. The molecular formula is C21H20O. The first kappa shape index (κ1) is 14.5. The van der Waals surface area contributed by atoms with E-state index in [0.717, 1.165) is 24.8 Å². The van der Waals surface area contributed by atoms with Gasteiger partial charge in [-0.25, -0.2) is 0 Å². The molecule has 110 valence electrons. The molecule has 3 rings (SSSR count). The lowest BCUT2D eigenvalue weighted by Crippen LogP contribution is -2.26. The number of benzene rings is 2. The molecule has 0 spiro atoms. The fourth-order valence-electron chi connectivity index (χ4n) is 3.30. The number of Topliss-reactive ketones (excluding diaryl/α,β-unsaturated/α-hetero) is 1. The minimum absolute atomic E-state index is 0.265. The summed E-state index contributed by atoms with van der Waals surface area (Å²) in [5, 5.41) is 0. The van der Waals surface area contributed by atoms with E-state index in [1.165, 1.54) is 11.1 Å².